The fraction of sp³-hybridized carbons (Fsp3) is 0.667. The molecule has 0 fully saturated rings. The molecule has 54 valence electrons. The third kappa shape index (κ3) is 5.17. The molecule has 0 aliphatic carbocycles. The Hall–Kier alpha value is -0.700. The smallest absolute Gasteiger partial charge is 0.254 e. The Morgan fingerprint density at radius 2 is 2.33 bits per heavy atom. The molecule has 0 heterocycles. The second-order valence-electron chi connectivity index (χ2n) is 2.02. The van der Waals surface area contributed by atoms with E-state index in [9.17, 15) is 0 Å². The normalized spacial score (nSPS) is 15.6. The average Bonchev–Trinajstić information content (AvgIpc) is 1.83. The van der Waals surface area contributed by atoms with Gasteiger partial charge in [0.2, 0.25) is 0 Å². The highest BCUT2D eigenvalue weighted by Gasteiger charge is 1.98. The van der Waals surface area contributed by atoms with Crippen LogP contribution in [0.4, 0.5) is 0 Å². The van der Waals surface area contributed by atoms with Gasteiger partial charge in [-0.05, 0) is 13.3 Å². The molecule has 0 saturated carbocycles. The van der Waals surface area contributed by atoms with Crippen molar-refractivity contribution >= 4 is 0 Å². The molecule has 0 rings (SSSR count). The zero-order valence-electron chi connectivity index (χ0n) is 5.46. The molecule has 0 saturated heterocycles. The summed E-state index contributed by atoms with van der Waals surface area (Å²) in [6.45, 7) is 1.65. The van der Waals surface area contributed by atoms with Gasteiger partial charge < -0.3 is 15.3 Å². The maximum atomic E-state index is 8.70. The van der Waals surface area contributed by atoms with Crippen molar-refractivity contribution in [3.05, 3.63) is 12.0 Å². The average molecular weight is 133 g/mol. The molecule has 0 aromatic heterocycles. The third-order valence-electron chi connectivity index (χ3n) is 0.985. The predicted octanol–water partition coefficient (Wildman–Crippen LogP) is 0.271. The van der Waals surface area contributed by atoms with Crippen molar-refractivity contribution in [2.24, 2.45) is 0 Å². The minimum absolute atomic E-state index is 0.0240. The summed E-state index contributed by atoms with van der Waals surface area (Å²) in [5.74, 6) is 0.0240. The first-order chi connectivity index (χ1) is 4.16. The van der Waals surface area contributed by atoms with Crippen LogP contribution in [0.5, 0.6) is 0 Å². The number of hydrogen-bond donors (Lipinski definition) is 2. The van der Waals surface area contributed by atoms with Gasteiger partial charge in [-0.3, -0.25) is 0 Å². The molecule has 4 N–H and O–H groups in total. The summed E-state index contributed by atoms with van der Waals surface area (Å²) < 4.78 is 0. The van der Waals surface area contributed by atoms with Crippen LogP contribution in [0.3, 0.4) is 0 Å². The van der Waals surface area contributed by atoms with Crippen LogP contribution >= 0.6 is 0 Å². The Morgan fingerprint density at radius 3 is 2.67 bits per heavy atom. The van der Waals surface area contributed by atoms with E-state index in [-0.39, 0.29) is 5.76 Å². The van der Waals surface area contributed by atoms with E-state index in [1.807, 2.05) is 0 Å². The van der Waals surface area contributed by atoms with E-state index in [2.05, 4.69) is 0 Å². The van der Waals surface area contributed by atoms with Crippen LogP contribution in [-0.2, 0) is 0 Å². The highest BCUT2D eigenvalue weighted by molar-refractivity contribution is 4.83. The summed E-state index contributed by atoms with van der Waals surface area (Å²) in [5.41, 5.74) is 0. The molecular formula is C6H13O3+. The second kappa shape index (κ2) is 4.21. The number of aliphatic hydroxyl groups is 2. The molecule has 1 unspecified atom stereocenters. The standard InChI is InChI=1S/C6H12O3/c1-5(8)2-3-6(9)4-7/h4-5,7-9H,2-3H2,1H3/p+1/b6-4-. The summed E-state index contributed by atoms with van der Waals surface area (Å²) in [6, 6.07) is 0. The number of rotatable bonds is 3. The zero-order chi connectivity index (χ0) is 7.28. The molecular weight excluding hydrogens is 120 g/mol. The molecule has 3 nitrogen and oxygen atoms in total. The largest absolute Gasteiger partial charge is 0.596 e. The van der Waals surface area contributed by atoms with E-state index < -0.39 is 6.10 Å². The lowest BCUT2D eigenvalue weighted by atomic mass is 10.2. The van der Waals surface area contributed by atoms with Crippen LogP contribution in [0, 0.1) is 0 Å². The summed E-state index contributed by atoms with van der Waals surface area (Å²) >= 11 is 0. The molecule has 0 aromatic carbocycles. The second-order valence-corrected chi connectivity index (χ2v) is 2.02. The Labute approximate surface area is 54.3 Å². The van der Waals surface area contributed by atoms with Gasteiger partial charge in [-0.1, -0.05) is 0 Å². The quantitative estimate of drug-likeness (QED) is 0.429. The minimum Gasteiger partial charge on any atom is -0.596 e. The summed E-state index contributed by atoms with van der Waals surface area (Å²) in [5, 5.41) is 23.9. The molecule has 0 spiro atoms. The third-order valence-corrected chi connectivity index (χ3v) is 0.985. The first-order valence-corrected chi connectivity index (χ1v) is 2.90. The fourth-order valence-corrected chi connectivity index (χ4v) is 0.429. The van der Waals surface area contributed by atoms with Crippen molar-refractivity contribution in [1.29, 1.82) is 0 Å². The predicted molar refractivity (Wildman–Crippen MR) is 35.2 cm³/mol. The lowest BCUT2D eigenvalue weighted by molar-refractivity contribution is 0.177. The van der Waals surface area contributed by atoms with Crippen LogP contribution in [0.15, 0.2) is 12.0 Å². The maximum Gasteiger partial charge on any atom is 0.254 e. The SMILES string of the molecule is CC(O)CC/C(O)=C/[OH2+]. The van der Waals surface area contributed by atoms with Crippen LogP contribution < -0.4 is 0 Å². The summed E-state index contributed by atoms with van der Waals surface area (Å²) in [4.78, 5) is 0. The monoisotopic (exact) mass is 133 g/mol. The van der Waals surface area contributed by atoms with Crippen LogP contribution in [-0.4, -0.2) is 21.4 Å². The van der Waals surface area contributed by atoms with Gasteiger partial charge in [0.05, 0.1) is 6.10 Å². The Morgan fingerprint density at radius 1 is 1.78 bits per heavy atom. The minimum atomic E-state index is -0.396. The molecule has 9 heavy (non-hydrogen) atoms. The van der Waals surface area contributed by atoms with Crippen LogP contribution in [0.2, 0.25) is 0 Å². The summed E-state index contributed by atoms with van der Waals surface area (Å²) in [6.07, 6.45) is 1.40. The molecule has 0 radical (unpaired) electrons. The molecule has 0 bridgehead atoms. The van der Waals surface area contributed by atoms with Crippen molar-refractivity contribution in [2.75, 3.05) is 0 Å². The zero-order valence-corrected chi connectivity index (χ0v) is 5.46. The Kier molecular flexibility index (Phi) is 3.88. The highest BCUT2D eigenvalue weighted by Crippen LogP contribution is 2.02. The van der Waals surface area contributed by atoms with Crippen molar-refractivity contribution in [1.82, 2.24) is 0 Å². The first kappa shape index (κ1) is 8.30. The number of hydrogen-bond acceptors (Lipinski definition) is 2. The number of allylic oxidation sites excluding steroid dienone is 1. The fourth-order valence-electron chi connectivity index (χ4n) is 0.429. The van der Waals surface area contributed by atoms with Crippen LogP contribution in [0.1, 0.15) is 19.8 Å². The molecule has 0 amide bonds. The van der Waals surface area contributed by atoms with Crippen molar-refractivity contribution in [2.45, 2.75) is 25.9 Å². The Balaban J connectivity index is 3.28. The molecule has 3 heteroatoms. The molecule has 1 atom stereocenters. The van der Waals surface area contributed by atoms with E-state index >= 15 is 0 Å². The van der Waals surface area contributed by atoms with Gasteiger partial charge in [0.15, 0.2) is 5.76 Å². The van der Waals surface area contributed by atoms with Crippen molar-refractivity contribution < 1.29 is 15.3 Å². The molecule has 0 aliphatic rings. The van der Waals surface area contributed by atoms with E-state index in [1.165, 1.54) is 0 Å². The topological polar surface area (TPSA) is 63.4 Å². The molecule has 0 aliphatic heterocycles. The lowest BCUT2D eigenvalue weighted by Crippen LogP contribution is -1.99. The van der Waals surface area contributed by atoms with Gasteiger partial charge >= 0.3 is 0 Å². The van der Waals surface area contributed by atoms with Crippen molar-refractivity contribution in [3.8, 4) is 0 Å². The van der Waals surface area contributed by atoms with E-state index in [0.29, 0.717) is 12.8 Å². The van der Waals surface area contributed by atoms with Crippen LogP contribution in [0.25, 0.3) is 0 Å². The van der Waals surface area contributed by atoms with Gasteiger partial charge in [0, 0.05) is 6.42 Å². The molecule has 0 aromatic rings. The van der Waals surface area contributed by atoms with E-state index in [4.69, 9.17) is 15.3 Å². The lowest BCUT2D eigenvalue weighted by Gasteiger charge is -1.99. The van der Waals surface area contributed by atoms with E-state index in [0.717, 1.165) is 6.26 Å². The van der Waals surface area contributed by atoms with Gasteiger partial charge in [-0.2, -0.15) is 0 Å². The maximum absolute atomic E-state index is 8.70. The summed E-state index contributed by atoms with van der Waals surface area (Å²) in [7, 11) is 0. The first-order valence-electron chi connectivity index (χ1n) is 2.90. The number of aliphatic hydroxyl groups excluding tert-OH is 2. The van der Waals surface area contributed by atoms with E-state index in [1.54, 1.807) is 6.92 Å². The Bertz CT molecular complexity index is 96.5. The van der Waals surface area contributed by atoms with Gasteiger partial charge in [0.25, 0.3) is 6.26 Å². The van der Waals surface area contributed by atoms with Gasteiger partial charge in [-0.15, -0.1) is 0 Å². The van der Waals surface area contributed by atoms with Gasteiger partial charge in [-0.25, -0.2) is 0 Å². The highest BCUT2D eigenvalue weighted by atomic mass is 16.3. The van der Waals surface area contributed by atoms with Crippen molar-refractivity contribution in [3.63, 3.8) is 0 Å². The van der Waals surface area contributed by atoms with Gasteiger partial charge in [0.1, 0.15) is 0 Å².